The molecule has 3 amide bonds. The van der Waals surface area contributed by atoms with Crippen LogP contribution < -0.4 is 5.32 Å². The summed E-state index contributed by atoms with van der Waals surface area (Å²) in [6.07, 6.45) is 1.51. The van der Waals surface area contributed by atoms with Gasteiger partial charge in [-0.2, -0.15) is 0 Å². The van der Waals surface area contributed by atoms with E-state index in [0.717, 1.165) is 17.7 Å². The van der Waals surface area contributed by atoms with Crippen molar-refractivity contribution in [3.8, 4) is 0 Å². The number of nitro groups is 1. The summed E-state index contributed by atoms with van der Waals surface area (Å²) in [5.41, 5.74) is 0.307. The van der Waals surface area contributed by atoms with Crippen molar-refractivity contribution in [3.63, 3.8) is 0 Å². The second kappa shape index (κ2) is 7.44. The lowest BCUT2D eigenvalue weighted by Gasteiger charge is -2.17. The number of carbonyl (C=O) groups is 3. The maximum atomic E-state index is 12.7. The number of anilines is 1. The summed E-state index contributed by atoms with van der Waals surface area (Å²) >= 11 is 0. The molecule has 1 N–H and O–H groups in total. The first-order chi connectivity index (χ1) is 14.0. The zero-order valence-corrected chi connectivity index (χ0v) is 15.3. The van der Waals surface area contributed by atoms with Crippen LogP contribution in [0.1, 0.15) is 43.9 Å². The Balaban J connectivity index is 1.56. The molecule has 4 rings (SSSR count). The molecule has 0 bridgehead atoms. The smallest absolute Gasteiger partial charge is 0.292 e. The van der Waals surface area contributed by atoms with Crippen LogP contribution in [0, 0.1) is 10.1 Å². The molecule has 1 fully saturated rings. The first kappa shape index (κ1) is 18.8. The second-order valence-corrected chi connectivity index (χ2v) is 6.84. The number of hydrogen-bond donors (Lipinski definition) is 1. The molecule has 2 aliphatic rings. The third kappa shape index (κ3) is 3.47. The van der Waals surface area contributed by atoms with Crippen LogP contribution in [0.3, 0.4) is 0 Å². The number of carbonyl (C=O) groups excluding carboxylic acids is 3. The summed E-state index contributed by atoms with van der Waals surface area (Å²) in [7, 11) is 0. The van der Waals surface area contributed by atoms with Gasteiger partial charge in [-0.15, -0.1) is 0 Å². The van der Waals surface area contributed by atoms with Gasteiger partial charge in [0.05, 0.1) is 28.7 Å². The highest BCUT2D eigenvalue weighted by molar-refractivity contribution is 6.22. The summed E-state index contributed by atoms with van der Waals surface area (Å²) in [4.78, 5) is 49.5. The molecule has 1 unspecified atom stereocenters. The Hall–Kier alpha value is -3.59. The topological polar surface area (TPSA) is 119 Å². The lowest BCUT2D eigenvalue weighted by molar-refractivity contribution is -0.383. The first-order valence-electron chi connectivity index (χ1n) is 9.12. The van der Waals surface area contributed by atoms with E-state index in [-0.39, 0.29) is 40.7 Å². The Morgan fingerprint density at radius 2 is 1.93 bits per heavy atom. The van der Waals surface area contributed by atoms with Gasteiger partial charge >= 0.3 is 0 Å². The van der Waals surface area contributed by atoms with Crippen LogP contribution in [0.4, 0.5) is 11.4 Å². The van der Waals surface area contributed by atoms with Gasteiger partial charge in [-0.1, -0.05) is 12.1 Å². The van der Waals surface area contributed by atoms with Crippen molar-refractivity contribution in [2.24, 2.45) is 0 Å². The fourth-order valence-corrected chi connectivity index (χ4v) is 3.52. The minimum absolute atomic E-state index is 0.0467. The molecule has 2 aliphatic heterocycles. The third-order valence-corrected chi connectivity index (χ3v) is 4.99. The lowest BCUT2D eigenvalue weighted by Crippen LogP contribution is -2.36. The maximum absolute atomic E-state index is 12.7. The molecule has 0 spiro atoms. The first-order valence-corrected chi connectivity index (χ1v) is 9.12. The zero-order valence-electron chi connectivity index (χ0n) is 15.3. The number of ether oxygens (including phenoxy) is 1. The quantitative estimate of drug-likeness (QED) is 0.472. The lowest BCUT2D eigenvalue weighted by atomic mass is 10.1. The van der Waals surface area contributed by atoms with Gasteiger partial charge in [0.25, 0.3) is 23.4 Å². The Morgan fingerprint density at radius 3 is 2.66 bits per heavy atom. The highest BCUT2D eigenvalue weighted by Crippen LogP contribution is 2.27. The van der Waals surface area contributed by atoms with E-state index in [4.69, 9.17) is 4.74 Å². The van der Waals surface area contributed by atoms with Crippen molar-refractivity contribution < 1.29 is 24.0 Å². The predicted octanol–water partition coefficient (Wildman–Crippen LogP) is 2.62. The van der Waals surface area contributed by atoms with Gasteiger partial charge in [-0.3, -0.25) is 29.4 Å². The molecule has 0 saturated carbocycles. The molecule has 0 radical (unpaired) electrons. The fourth-order valence-electron chi connectivity index (χ4n) is 3.52. The molecule has 9 heteroatoms. The summed E-state index contributed by atoms with van der Waals surface area (Å²) in [6.45, 7) is 0.799. The maximum Gasteiger partial charge on any atom is 0.292 e. The van der Waals surface area contributed by atoms with Crippen LogP contribution in [0.25, 0.3) is 0 Å². The van der Waals surface area contributed by atoms with E-state index in [1.807, 2.05) is 0 Å². The molecule has 29 heavy (non-hydrogen) atoms. The predicted molar refractivity (Wildman–Crippen MR) is 102 cm³/mol. The van der Waals surface area contributed by atoms with Gasteiger partial charge in [0.1, 0.15) is 5.69 Å². The van der Waals surface area contributed by atoms with Crippen molar-refractivity contribution in [3.05, 3.63) is 69.3 Å². The summed E-state index contributed by atoms with van der Waals surface area (Å²) in [6, 6.07) is 9.95. The van der Waals surface area contributed by atoms with Crippen LogP contribution in [-0.2, 0) is 4.74 Å². The van der Waals surface area contributed by atoms with Crippen molar-refractivity contribution in [2.75, 3.05) is 18.5 Å². The van der Waals surface area contributed by atoms with Crippen LogP contribution in [0.15, 0.2) is 42.5 Å². The summed E-state index contributed by atoms with van der Waals surface area (Å²) in [5.74, 6) is -1.49. The Kier molecular flexibility index (Phi) is 4.81. The Morgan fingerprint density at radius 1 is 1.17 bits per heavy atom. The molecule has 2 aromatic carbocycles. The second-order valence-electron chi connectivity index (χ2n) is 6.84. The molecule has 1 saturated heterocycles. The largest absolute Gasteiger partial charge is 0.376 e. The van der Waals surface area contributed by atoms with Crippen molar-refractivity contribution in [1.29, 1.82) is 0 Å². The number of para-hydroxylation sites is 2. The molecule has 2 aromatic rings. The number of benzene rings is 2. The number of amides is 3. The van der Waals surface area contributed by atoms with Crippen LogP contribution in [0.2, 0.25) is 0 Å². The van der Waals surface area contributed by atoms with Gasteiger partial charge in [0.15, 0.2) is 0 Å². The summed E-state index contributed by atoms with van der Waals surface area (Å²) in [5, 5.41) is 13.6. The number of rotatable bonds is 5. The third-order valence-electron chi connectivity index (χ3n) is 4.99. The molecule has 1 atom stereocenters. The minimum atomic E-state index is -0.611. The number of hydrogen-bond acceptors (Lipinski definition) is 6. The number of fused-ring (bicyclic) bond motifs is 1. The van der Waals surface area contributed by atoms with Crippen LogP contribution in [-0.4, -0.2) is 46.8 Å². The van der Waals surface area contributed by atoms with Gasteiger partial charge < -0.3 is 10.1 Å². The highest BCUT2D eigenvalue weighted by atomic mass is 16.6. The zero-order chi connectivity index (χ0) is 20.5. The minimum Gasteiger partial charge on any atom is -0.376 e. The van der Waals surface area contributed by atoms with Gasteiger partial charge in [-0.25, -0.2) is 0 Å². The summed E-state index contributed by atoms with van der Waals surface area (Å²) < 4.78 is 5.50. The van der Waals surface area contributed by atoms with Gasteiger partial charge in [0, 0.05) is 18.2 Å². The van der Waals surface area contributed by atoms with E-state index >= 15 is 0 Å². The van der Waals surface area contributed by atoms with E-state index in [0.29, 0.717) is 6.61 Å². The fraction of sp³-hybridized carbons (Fsp3) is 0.250. The average molecular weight is 395 g/mol. The normalized spacial score (nSPS) is 18.1. The number of nitrogens with zero attached hydrogens (tertiary/aromatic N) is 2. The number of nitro benzene ring substituents is 1. The van der Waals surface area contributed by atoms with Gasteiger partial charge in [-0.05, 0) is 37.1 Å². The van der Waals surface area contributed by atoms with Crippen molar-refractivity contribution >= 4 is 29.1 Å². The number of nitrogens with one attached hydrogen (secondary N) is 1. The van der Waals surface area contributed by atoms with Crippen molar-refractivity contribution in [2.45, 2.75) is 18.9 Å². The molecular weight excluding hydrogens is 378 g/mol. The van der Waals surface area contributed by atoms with Crippen LogP contribution in [0.5, 0.6) is 0 Å². The molecule has 148 valence electrons. The van der Waals surface area contributed by atoms with Crippen LogP contribution >= 0.6 is 0 Å². The average Bonchev–Trinajstić information content (AvgIpc) is 3.31. The Bertz CT molecular complexity index is 1030. The molecule has 0 aliphatic carbocycles. The Labute approximate surface area is 165 Å². The standard InChI is InChI=1S/C20H17N3O6/c24-18(21-16-5-1-2-6-17(16)23(27)28)12-7-8-14-15(10-12)20(26)22(19(14)25)11-13-4-3-9-29-13/h1-2,5-8,10,13H,3-4,9,11H2,(H,21,24). The SMILES string of the molecule is O=C(Nc1ccccc1[N+](=O)[O-])c1ccc2c(c1)C(=O)N(CC1CCCO1)C2=O. The van der Waals surface area contributed by atoms with E-state index in [1.165, 1.54) is 36.4 Å². The molecule has 9 nitrogen and oxygen atoms in total. The van der Waals surface area contributed by atoms with Gasteiger partial charge in [0.2, 0.25) is 0 Å². The van der Waals surface area contributed by atoms with E-state index in [2.05, 4.69) is 5.32 Å². The molecule has 2 heterocycles. The molecule has 0 aromatic heterocycles. The monoisotopic (exact) mass is 395 g/mol. The van der Waals surface area contributed by atoms with E-state index in [9.17, 15) is 24.5 Å². The van der Waals surface area contributed by atoms with Crippen molar-refractivity contribution in [1.82, 2.24) is 4.90 Å². The van der Waals surface area contributed by atoms with E-state index < -0.39 is 22.6 Å². The molecular formula is C20H17N3O6. The highest BCUT2D eigenvalue weighted by Gasteiger charge is 2.38. The van der Waals surface area contributed by atoms with E-state index in [1.54, 1.807) is 6.07 Å². The number of imide groups is 1.